The van der Waals surface area contributed by atoms with E-state index in [9.17, 15) is 0 Å². The van der Waals surface area contributed by atoms with Gasteiger partial charge in [-0.25, -0.2) is 9.97 Å². The van der Waals surface area contributed by atoms with Crippen molar-refractivity contribution in [1.82, 2.24) is 29.6 Å². The Balaban J connectivity index is 1.62. The maximum Gasteiger partial charge on any atom is 0.147 e. The average Bonchev–Trinajstić information content (AvgIpc) is 3.18. The highest BCUT2D eigenvalue weighted by Gasteiger charge is 2.29. The van der Waals surface area contributed by atoms with Crippen molar-refractivity contribution in [3.05, 3.63) is 40.7 Å². The van der Waals surface area contributed by atoms with Crippen LogP contribution < -0.4 is 0 Å². The van der Waals surface area contributed by atoms with E-state index in [1.165, 1.54) is 6.42 Å². The monoisotopic (exact) mass is 330 g/mol. The third-order valence-electron chi connectivity index (χ3n) is 4.45. The van der Waals surface area contributed by atoms with Gasteiger partial charge < -0.3 is 4.98 Å². The van der Waals surface area contributed by atoms with Gasteiger partial charge in [0.1, 0.15) is 17.5 Å². The van der Waals surface area contributed by atoms with Crippen LogP contribution in [0.3, 0.4) is 0 Å². The van der Waals surface area contributed by atoms with E-state index in [1.807, 2.05) is 36.9 Å². The van der Waals surface area contributed by atoms with E-state index < -0.39 is 0 Å². The van der Waals surface area contributed by atoms with Crippen LogP contribution >= 0.6 is 11.6 Å². The van der Waals surface area contributed by atoms with Crippen molar-refractivity contribution in [3.63, 3.8) is 0 Å². The lowest BCUT2D eigenvalue weighted by atomic mass is 10.2. The lowest BCUT2D eigenvalue weighted by molar-refractivity contribution is 0.232. The van der Waals surface area contributed by atoms with E-state index in [4.69, 9.17) is 16.6 Å². The second kappa shape index (κ2) is 5.62. The largest absolute Gasteiger partial charge is 0.341 e. The fraction of sp³-hybridized carbons (Fsp3) is 0.438. The molecule has 3 heterocycles. The number of imidazole rings is 1. The summed E-state index contributed by atoms with van der Waals surface area (Å²) in [6, 6.07) is 6.06. The van der Waals surface area contributed by atoms with Gasteiger partial charge in [0.05, 0.1) is 23.6 Å². The molecule has 0 spiro atoms. The van der Waals surface area contributed by atoms with Crippen LogP contribution in [-0.2, 0) is 13.6 Å². The summed E-state index contributed by atoms with van der Waals surface area (Å²) < 4.78 is 1.86. The van der Waals surface area contributed by atoms with Gasteiger partial charge >= 0.3 is 0 Å². The fourth-order valence-electron chi connectivity index (χ4n) is 3.36. The standard InChI is InChI=1S/C16H19ClN6/c1-10-18-15(22(2)21-10)9-23-7-3-4-14(23)16-19-12-6-5-11(17)8-13(12)20-16/h5-6,8,14H,3-4,7,9H2,1-2H3,(H,19,20). The first kappa shape index (κ1) is 14.7. The number of hydrogen-bond acceptors (Lipinski definition) is 4. The summed E-state index contributed by atoms with van der Waals surface area (Å²) >= 11 is 6.07. The van der Waals surface area contributed by atoms with E-state index in [1.54, 1.807) is 0 Å². The highest BCUT2D eigenvalue weighted by molar-refractivity contribution is 6.31. The molecule has 4 rings (SSSR count). The minimum Gasteiger partial charge on any atom is -0.341 e. The molecular weight excluding hydrogens is 312 g/mol. The van der Waals surface area contributed by atoms with Crippen LogP contribution in [0.25, 0.3) is 11.0 Å². The summed E-state index contributed by atoms with van der Waals surface area (Å²) in [5, 5.41) is 5.06. The molecule has 0 radical (unpaired) electrons. The third kappa shape index (κ3) is 2.72. The van der Waals surface area contributed by atoms with E-state index in [0.29, 0.717) is 0 Å². The Bertz CT molecular complexity index is 851. The van der Waals surface area contributed by atoms with Crippen molar-refractivity contribution in [2.75, 3.05) is 6.54 Å². The number of aryl methyl sites for hydroxylation is 2. The number of halogens is 1. The van der Waals surface area contributed by atoms with Crippen LogP contribution in [0.15, 0.2) is 18.2 Å². The maximum absolute atomic E-state index is 6.07. The first-order chi connectivity index (χ1) is 11.1. The summed E-state index contributed by atoms with van der Waals surface area (Å²) in [6.45, 7) is 3.77. The topological polar surface area (TPSA) is 62.6 Å². The number of H-pyrrole nitrogens is 1. The molecule has 1 fully saturated rings. The predicted molar refractivity (Wildman–Crippen MR) is 89.2 cm³/mol. The zero-order valence-corrected chi connectivity index (χ0v) is 14.0. The fourth-order valence-corrected chi connectivity index (χ4v) is 3.53. The van der Waals surface area contributed by atoms with Crippen molar-refractivity contribution in [2.45, 2.75) is 32.4 Å². The Kier molecular flexibility index (Phi) is 3.58. The van der Waals surface area contributed by atoms with Gasteiger partial charge in [-0.05, 0) is 44.5 Å². The Hall–Kier alpha value is -1.92. The Morgan fingerprint density at radius 2 is 2.22 bits per heavy atom. The van der Waals surface area contributed by atoms with Crippen LogP contribution in [-0.4, -0.2) is 36.2 Å². The number of rotatable bonds is 3. The second-order valence-corrected chi connectivity index (χ2v) is 6.55. The van der Waals surface area contributed by atoms with E-state index in [0.717, 1.165) is 53.0 Å². The molecule has 1 aliphatic heterocycles. The van der Waals surface area contributed by atoms with Gasteiger partial charge in [0, 0.05) is 12.1 Å². The van der Waals surface area contributed by atoms with Crippen molar-refractivity contribution < 1.29 is 0 Å². The van der Waals surface area contributed by atoms with E-state index in [2.05, 4.69) is 20.0 Å². The first-order valence-corrected chi connectivity index (χ1v) is 8.23. The smallest absolute Gasteiger partial charge is 0.147 e. The molecule has 7 heteroatoms. The second-order valence-electron chi connectivity index (χ2n) is 6.11. The zero-order valence-electron chi connectivity index (χ0n) is 13.3. The molecule has 1 aliphatic rings. The van der Waals surface area contributed by atoms with E-state index >= 15 is 0 Å². The highest BCUT2D eigenvalue weighted by atomic mass is 35.5. The molecule has 1 aromatic carbocycles. The van der Waals surface area contributed by atoms with Crippen LogP contribution in [0.1, 0.15) is 36.4 Å². The number of hydrogen-bond donors (Lipinski definition) is 1. The summed E-state index contributed by atoms with van der Waals surface area (Å²) in [5.74, 6) is 2.82. The van der Waals surface area contributed by atoms with Crippen molar-refractivity contribution in [3.8, 4) is 0 Å². The number of benzene rings is 1. The van der Waals surface area contributed by atoms with Gasteiger partial charge in [0.15, 0.2) is 0 Å². The van der Waals surface area contributed by atoms with Crippen molar-refractivity contribution in [1.29, 1.82) is 0 Å². The Morgan fingerprint density at radius 3 is 3.00 bits per heavy atom. The molecule has 120 valence electrons. The van der Waals surface area contributed by atoms with E-state index in [-0.39, 0.29) is 6.04 Å². The van der Waals surface area contributed by atoms with Crippen molar-refractivity contribution >= 4 is 22.6 Å². The molecule has 1 N–H and O–H groups in total. The molecule has 2 aromatic heterocycles. The minimum absolute atomic E-state index is 0.290. The van der Waals surface area contributed by atoms with Crippen LogP contribution in [0.2, 0.25) is 5.02 Å². The van der Waals surface area contributed by atoms with Crippen LogP contribution in [0.5, 0.6) is 0 Å². The molecule has 3 aromatic rings. The third-order valence-corrected chi connectivity index (χ3v) is 4.68. The molecule has 1 saturated heterocycles. The molecule has 0 amide bonds. The summed E-state index contributed by atoms with van der Waals surface area (Å²) in [7, 11) is 1.95. The zero-order chi connectivity index (χ0) is 16.0. The molecule has 6 nitrogen and oxygen atoms in total. The first-order valence-electron chi connectivity index (χ1n) is 7.86. The summed E-state index contributed by atoms with van der Waals surface area (Å²) in [5.41, 5.74) is 1.96. The van der Waals surface area contributed by atoms with Crippen molar-refractivity contribution in [2.24, 2.45) is 7.05 Å². The average molecular weight is 331 g/mol. The number of aromatic amines is 1. The Labute approximate surface area is 139 Å². The molecule has 1 unspecified atom stereocenters. The number of nitrogens with zero attached hydrogens (tertiary/aromatic N) is 5. The molecule has 1 atom stereocenters. The van der Waals surface area contributed by atoms with Crippen LogP contribution in [0.4, 0.5) is 0 Å². The lowest BCUT2D eigenvalue weighted by Crippen LogP contribution is -2.25. The van der Waals surface area contributed by atoms with Gasteiger partial charge in [0.25, 0.3) is 0 Å². The quantitative estimate of drug-likeness (QED) is 0.802. The molecule has 0 aliphatic carbocycles. The molecule has 0 bridgehead atoms. The molecule has 0 saturated carbocycles. The maximum atomic E-state index is 6.07. The number of aromatic nitrogens is 5. The molecule has 23 heavy (non-hydrogen) atoms. The number of likely N-dealkylation sites (tertiary alicyclic amines) is 1. The predicted octanol–water partition coefficient (Wildman–Crippen LogP) is 2.99. The summed E-state index contributed by atoms with van der Waals surface area (Å²) in [4.78, 5) is 15.1. The van der Waals surface area contributed by atoms with Gasteiger partial charge in [-0.15, -0.1) is 0 Å². The highest BCUT2D eigenvalue weighted by Crippen LogP contribution is 2.32. The SMILES string of the molecule is Cc1nc(CN2CCCC2c2nc3ccc(Cl)cc3[nH]2)n(C)n1. The van der Waals surface area contributed by atoms with Gasteiger partial charge in [-0.2, -0.15) is 5.10 Å². The minimum atomic E-state index is 0.290. The Morgan fingerprint density at radius 1 is 1.35 bits per heavy atom. The van der Waals surface area contributed by atoms with Gasteiger partial charge in [-0.1, -0.05) is 11.6 Å². The number of fused-ring (bicyclic) bond motifs is 1. The van der Waals surface area contributed by atoms with Gasteiger partial charge in [-0.3, -0.25) is 9.58 Å². The van der Waals surface area contributed by atoms with Crippen LogP contribution in [0, 0.1) is 6.92 Å². The lowest BCUT2D eigenvalue weighted by Gasteiger charge is -2.22. The summed E-state index contributed by atoms with van der Waals surface area (Å²) in [6.07, 6.45) is 2.27. The molecular formula is C16H19ClN6. The normalized spacial score (nSPS) is 19.0. The van der Waals surface area contributed by atoms with Gasteiger partial charge in [0.2, 0.25) is 0 Å². The number of nitrogens with one attached hydrogen (secondary N) is 1.